The Labute approximate surface area is 342 Å². The molecular formula is C52H30N6S. The maximum atomic E-state index is 9.43. The van der Waals surface area contributed by atoms with Crippen LogP contribution >= 0.6 is 11.3 Å². The summed E-state index contributed by atoms with van der Waals surface area (Å²) in [6, 6.07) is 65.4. The molecule has 0 N–H and O–H groups in total. The molecule has 12 aromatic rings. The summed E-state index contributed by atoms with van der Waals surface area (Å²) in [5.74, 6) is 1.71. The molecule has 7 heteroatoms. The molecule has 0 radical (unpaired) electrons. The zero-order valence-electron chi connectivity index (χ0n) is 31.4. The number of hydrogen-bond acceptors (Lipinski definition) is 5. The molecule has 0 amide bonds. The van der Waals surface area contributed by atoms with Crippen molar-refractivity contribution < 1.29 is 0 Å². The van der Waals surface area contributed by atoms with Gasteiger partial charge in [0.15, 0.2) is 17.5 Å². The second-order valence-electron chi connectivity index (χ2n) is 14.7. The Morgan fingerprint density at radius 3 is 1.47 bits per heavy atom. The Morgan fingerprint density at radius 1 is 0.407 bits per heavy atom. The molecule has 0 unspecified atom stereocenters. The molecule has 0 bridgehead atoms. The van der Waals surface area contributed by atoms with Crippen LogP contribution in [0.25, 0.3) is 109 Å². The molecule has 59 heavy (non-hydrogen) atoms. The second kappa shape index (κ2) is 13.1. The van der Waals surface area contributed by atoms with Crippen molar-refractivity contribution in [1.82, 2.24) is 24.1 Å². The van der Waals surface area contributed by atoms with Crippen molar-refractivity contribution in [1.29, 1.82) is 5.26 Å². The minimum Gasteiger partial charge on any atom is -0.307 e. The summed E-state index contributed by atoms with van der Waals surface area (Å²) in [5, 5.41) is 17.0. The number of aromatic nitrogens is 5. The summed E-state index contributed by atoms with van der Waals surface area (Å²) >= 11 is 1.88. The molecule has 4 heterocycles. The third-order valence-electron chi connectivity index (χ3n) is 11.4. The van der Waals surface area contributed by atoms with E-state index >= 15 is 0 Å². The predicted octanol–water partition coefficient (Wildman–Crippen LogP) is 13.3. The van der Waals surface area contributed by atoms with Crippen LogP contribution in [-0.2, 0) is 0 Å². The van der Waals surface area contributed by atoms with Crippen molar-refractivity contribution in [2.45, 2.75) is 0 Å². The van der Waals surface area contributed by atoms with Gasteiger partial charge >= 0.3 is 0 Å². The number of para-hydroxylation sites is 3. The van der Waals surface area contributed by atoms with Crippen LogP contribution in [0.3, 0.4) is 0 Å². The van der Waals surface area contributed by atoms with E-state index in [2.05, 4.69) is 143 Å². The van der Waals surface area contributed by atoms with Gasteiger partial charge in [0.25, 0.3) is 0 Å². The fourth-order valence-corrected chi connectivity index (χ4v) is 10.1. The maximum Gasteiger partial charge on any atom is 0.164 e. The summed E-state index contributed by atoms with van der Waals surface area (Å²) in [6.45, 7) is 0. The molecule has 6 nitrogen and oxygen atoms in total. The van der Waals surface area contributed by atoms with Crippen LogP contribution in [0.5, 0.6) is 0 Å². The fraction of sp³-hybridized carbons (Fsp3) is 0. The van der Waals surface area contributed by atoms with Gasteiger partial charge in [-0.1, -0.05) is 103 Å². The lowest BCUT2D eigenvalue weighted by Gasteiger charge is -2.14. The quantitative estimate of drug-likeness (QED) is 0.175. The van der Waals surface area contributed by atoms with Crippen LogP contribution < -0.4 is 0 Å². The molecule has 274 valence electrons. The smallest absolute Gasteiger partial charge is 0.164 e. The van der Waals surface area contributed by atoms with E-state index in [1.165, 1.54) is 58.3 Å². The third-order valence-corrected chi connectivity index (χ3v) is 12.6. The molecular weight excluding hydrogens is 741 g/mol. The largest absolute Gasteiger partial charge is 0.307 e. The highest BCUT2D eigenvalue weighted by Crippen LogP contribution is 2.51. The van der Waals surface area contributed by atoms with E-state index in [4.69, 9.17) is 15.0 Å². The van der Waals surface area contributed by atoms with E-state index in [0.717, 1.165) is 33.6 Å². The van der Waals surface area contributed by atoms with E-state index in [9.17, 15) is 5.26 Å². The van der Waals surface area contributed by atoms with Crippen molar-refractivity contribution in [3.8, 4) is 51.6 Å². The zero-order chi connectivity index (χ0) is 39.0. The summed E-state index contributed by atoms with van der Waals surface area (Å²) in [4.78, 5) is 14.9. The van der Waals surface area contributed by atoms with E-state index in [1.54, 1.807) is 12.1 Å². The molecule has 0 saturated heterocycles. The minimum absolute atomic E-state index is 0.549. The lowest BCUT2D eigenvalue weighted by molar-refractivity contribution is 1.07. The van der Waals surface area contributed by atoms with Gasteiger partial charge in [-0.25, -0.2) is 15.0 Å². The Bertz CT molecular complexity index is 3650. The topological polar surface area (TPSA) is 72.3 Å². The average Bonchev–Trinajstić information content (AvgIpc) is 3.98. The molecule has 0 aliphatic heterocycles. The first-order valence-electron chi connectivity index (χ1n) is 19.5. The molecule has 0 aliphatic rings. The Morgan fingerprint density at radius 2 is 0.864 bits per heavy atom. The normalized spacial score (nSPS) is 11.7. The van der Waals surface area contributed by atoms with Crippen LogP contribution in [0.15, 0.2) is 182 Å². The van der Waals surface area contributed by atoms with Crippen LogP contribution in [0.2, 0.25) is 0 Å². The van der Waals surface area contributed by atoms with Gasteiger partial charge in [0.2, 0.25) is 0 Å². The Hall–Kier alpha value is -7.92. The van der Waals surface area contributed by atoms with Crippen molar-refractivity contribution in [3.05, 3.63) is 188 Å². The second-order valence-corrected chi connectivity index (χ2v) is 15.8. The monoisotopic (exact) mass is 770 g/mol. The lowest BCUT2D eigenvalue weighted by atomic mass is 10.0. The maximum absolute atomic E-state index is 9.43. The number of fused-ring (bicyclic) bond motifs is 12. The number of nitriles is 1. The number of rotatable bonds is 5. The fourth-order valence-electron chi connectivity index (χ4n) is 8.80. The van der Waals surface area contributed by atoms with Gasteiger partial charge in [-0.2, -0.15) is 5.26 Å². The van der Waals surface area contributed by atoms with Crippen molar-refractivity contribution in [3.63, 3.8) is 0 Å². The van der Waals surface area contributed by atoms with E-state index in [-0.39, 0.29) is 0 Å². The SMILES string of the molecule is N#Cc1ccc(-c2nc(-c3ccccc3)nc(-c3ccc(-n4c5ccccc5c5c6sc7ccccc7c6c6c7ccccc7n(-c7ccccc7)c6c54)cc3)n2)cc1. The first kappa shape index (κ1) is 33.2. The van der Waals surface area contributed by atoms with E-state index < -0.39 is 0 Å². The summed E-state index contributed by atoms with van der Waals surface area (Å²) in [7, 11) is 0. The van der Waals surface area contributed by atoms with E-state index in [1.807, 2.05) is 53.8 Å². The molecule has 0 spiro atoms. The lowest BCUT2D eigenvalue weighted by Crippen LogP contribution is -2.01. The molecule has 0 fully saturated rings. The average molecular weight is 771 g/mol. The van der Waals surface area contributed by atoms with Crippen LogP contribution in [0, 0.1) is 11.3 Å². The number of nitrogens with zero attached hydrogens (tertiary/aromatic N) is 6. The number of thiophene rings is 1. The molecule has 0 saturated carbocycles. The summed E-state index contributed by atoms with van der Waals surface area (Å²) in [5.41, 5.74) is 10.00. The van der Waals surface area contributed by atoms with Crippen molar-refractivity contribution >= 4 is 75.1 Å². The van der Waals surface area contributed by atoms with Gasteiger partial charge < -0.3 is 9.13 Å². The third kappa shape index (κ3) is 5.07. The molecule has 8 aromatic carbocycles. The molecule has 4 aromatic heterocycles. The minimum atomic E-state index is 0.549. The first-order valence-corrected chi connectivity index (χ1v) is 20.3. The highest BCUT2D eigenvalue weighted by molar-refractivity contribution is 7.27. The van der Waals surface area contributed by atoms with Crippen LogP contribution in [-0.4, -0.2) is 24.1 Å². The van der Waals surface area contributed by atoms with Gasteiger partial charge in [0.05, 0.1) is 33.7 Å². The standard InChI is InChI=1S/C52H30N6S/c53-31-32-23-25-34(26-24-32)51-54-50(33-13-3-1-4-14-33)55-52(56-51)35-27-29-37(30-28-35)58-42-21-11-8-18-39(42)46-48(58)47-44(45-40-19-9-12-22-43(40)59-49(45)46)38-17-7-10-20-41(38)57(47)36-15-5-2-6-16-36/h1-30H. The molecule has 0 aliphatic carbocycles. The van der Waals surface area contributed by atoms with Gasteiger partial charge in [-0.05, 0) is 78.9 Å². The summed E-state index contributed by atoms with van der Waals surface area (Å²) in [6.07, 6.45) is 0. The Balaban J connectivity index is 1.15. The van der Waals surface area contributed by atoms with Crippen LogP contribution in [0.4, 0.5) is 0 Å². The first-order chi connectivity index (χ1) is 29.2. The van der Waals surface area contributed by atoms with Gasteiger partial charge in [0, 0.05) is 69.8 Å². The summed E-state index contributed by atoms with van der Waals surface area (Å²) < 4.78 is 7.49. The zero-order valence-corrected chi connectivity index (χ0v) is 32.2. The molecule has 12 rings (SSSR count). The number of benzene rings is 8. The van der Waals surface area contributed by atoms with Crippen LogP contribution in [0.1, 0.15) is 5.56 Å². The van der Waals surface area contributed by atoms with Crippen molar-refractivity contribution in [2.75, 3.05) is 0 Å². The Kier molecular flexibility index (Phi) is 7.36. The van der Waals surface area contributed by atoms with Crippen molar-refractivity contribution in [2.24, 2.45) is 0 Å². The predicted molar refractivity (Wildman–Crippen MR) is 242 cm³/mol. The highest BCUT2D eigenvalue weighted by atomic mass is 32.1. The molecule has 0 atom stereocenters. The van der Waals surface area contributed by atoms with Gasteiger partial charge in [-0.15, -0.1) is 11.3 Å². The highest BCUT2D eigenvalue weighted by Gasteiger charge is 2.26. The van der Waals surface area contributed by atoms with Gasteiger partial charge in [0.1, 0.15) is 0 Å². The van der Waals surface area contributed by atoms with Gasteiger partial charge in [-0.3, -0.25) is 0 Å². The number of hydrogen-bond donors (Lipinski definition) is 0. The van der Waals surface area contributed by atoms with E-state index in [0.29, 0.717) is 23.0 Å².